The number of carbonyl (C=O) groups excluding carboxylic acids is 1. The molecule has 1 aliphatic heterocycles. The third kappa shape index (κ3) is 4.95. The fourth-order valence-corrected chi connectivity index (χ4v) is 4.23. The number of pyridine rings is 2. The standard InChI is InChI=1S/C19H18BrFN6OS/c20-15-11-23-19(29-15)25-16-5-1-3-13(24-16)12-26-7-9-27(10-8-26)18(28)14-4-2-6-22-17(14)21/h1-6,11H,7-10,12H2,(H,23,24,25). The second kappa shape index (κ2) is 8.93. The molecule has 3 aromatic heterocycles. The van der Waals surface area contributed by atoms with Crippen LogP contribution in [0.1, 0.15) is 16.1 Å². The van der Waals surface area contributed by atoms with Crippen LogP contribution in [0, 0.1) is 5.95 Å². The van der Waals surface area contributed by atoms with Crippen LogP contribution in [0.15, 0.2) is 46.5 Å². The van der Waals surface area contributed by atoms with Crippen LogP contribution in [0.4, 0.5) is 15.3 Å². The lowest BCUT2D eigenvalue weighted by atomic mass is 10.2. The van der Waals surface area contributed by atoms with Gasteiger partial charge < -0.3 is 10.2 Å². The fraction of sp³-hybridized carbons (Fsp3) is 0.263. The normalized spacial score (nSPS) is 14.8. The van der Waals surface area contributed by atoms with Crippen LogP contribution in [-0.4, -0.2) is 56.8 Å². The second-order valence-corrected chi connectivity index (χ2v) is 8.93. The van der Waals surface area contributed by atoms with Gasteiger partial charge in [0.25, 0.3) is 5.91 Å². The Hall–Kier alpha value is -2.43. The summed E-state index contributed by atoms with van der Waals surface area (Å²) in [5.74, 6) is -0.292. The molecule has 0 saturated carbocycles. The molecule has 0 spiro atoms. The third-order valence-corrected chi connectivity index (χ3v) is 5.95. The van der Waals surface area contributed by atoms with Crippen molar-refractivity contribution in [3.05, 3.63) is 63.7 Å². The highest BCUT2D eigenvalue weighted by molar-refractivity contribution is 9.11. The monoisotopic (exact) mass is 476 g/mol. The Labute approximate surface area is 179 Å². The summed E-state index contributed by atoms with van der Waals surface area (Å²) in [5, 5.41) is 3.98. The SMILES string of the molecule is O=C(c1cccnc1F)N1CCN(Cc2cccc(Nc3ncc(Br)s3)n2)CC1. The quantitative estimate of drug-likeness (QED) is 0.567. The van der Waals surface area contributed by atoms with Crippen LogP contribution in [0.25, 0.3) is 0 Å². The number of nitrogens with zero attached hydrogens (tertiary/aromatic N) is 5. The number of carbonyl (C=O) groups is 1. The van der Waals surface area contributed by atoms with E-state index >= 15 is 0 Å². The van der Waals surface area contributed by atoms with Gasteiger partial charge in [-0.2, -0.15) is 4.39 Å². The lowest BCUT2D eigenvalue weighted by Crippen LogP contribution is -2.48. The summed E-state index contributed by atoms with van der Waals surface area (Å²) < 4.78 is 14.7. The molecule has 10 heteroatoms. The number of amides is 1. The molecule has 0 aliphatic carbocycles. The zero-order valence-electron chi connectivity index (χ0n) is 15.4. The fourth-order valence-electron chi connectivity index (χ4n) is 3.11. The molecule has 4 heterocycles. The van der Waals surface area contributed by atoms with Crippen LogP contribution >= 0.6 is 27.3 Å². The van der Waals surface area contributed by atoms with Gasteiger partial charge in [0.2, 0.25) is 5.95 Å². The minimum atomic E-state index is -0.722. The average molecular weight is 477 g/mol. The topological polar surface area (TPSA) is 74.2 Å². The number of hydrogen-bond donors (Lipinski definition) is 1. The average Bonchev–Trinajstić information content (AvgIpc) is 3.13. The van der Waals surface area contributed by atoms with E-state index in [1.54, 1.807) is 17.2 Å². The smallest absolute Gasteiger partial charge is 0.258 e. The highest BCUT2D eigenvalue weighted by Crippen LogP contribution is 2.25. The van der Waals surface area contributed by atoms with E-state index in [2.05, 4.69) is 41.1 Å². The Morgan fingerprint density at radius 1 is 1.17 bits per heavy atom. The second-order valence-electron chi connectivity index (χ2n) is 6.52. The van der Waals surface area contributed by atoms with Crippen molar-refractivity contribution in [2.24, 2.45) is 0 Å². The minimum Gasteiger partial charge on any atom is -0.336 e. The Morgan fingerprint density at radius 2 is 2.00 bits per heavy atom. The van der Waals surface area contributed by atoms with Crippen molar-refractivity contribution in [3.63, 3.8) is 0 Å². The number of hydrogen-bond acceptors (Lipinski definition) is 7. The summed E-state index contributed by atoms with van der Waals surface area (Å²) in [4.78, 5) is 28.9. The maximum Gasteiger partial charge on any atom is 0.258 e. The van der Waals surface area contributed by atoms with Crippen molar-refractivity contribution in [3.8, 4) is 0 Å². The van der Waals surface area contributed by atoms with Gasteiger partial charge in [-0.1, -0.05) is 17.4 Å². The van der Waals surface area contributed by atoms with E-state index in [-0.39, 0.29) is 11.5 Å². The Morgan fingerprint density at radius 3 is 2.72 bits per heavy atom. The summed E-state index contributed by atoms with van der Waals surface area (Å²) in [6.45, 7) is 3.16. The van der Waals surface area contributed by atoms with Gasteiger partial charge in [0.05, 0.1) is 21.2 Å². The molecule has 1 fully saturated rings. The number of anilines is 2. The summed E-state index contributed by atoms with van der Waals surface area (Å²) in [5.41, 5.74) is 0.957. The lowest BCUT2D eigenvalue weighted by molar-refractivity contribution is 0.0621. The van der Waals surface area contributed by atoms with E-state index in [1.165, 1.54) is 23.6 Å². The molecule has 1 N–H and O–H groups in total. The maximum atomic E-state index is 13.8. The number of halogens is 2. The Kier molecular flexibility index (Phi) is 6.12. The molecule has 29 heavy (non-hydrogen) atoms. The molecule has 3 aromatic rings. The highest BCUT2D eigenvalue weighted by atomic mass is 79.9. The van der Waals surface area contributed by atoms with Crippen LogP contribution in [-0.2, 0) is 6.54 Å². The number of piperazine rings is 1. The van der Waals surface area contributed by atoms with Crippen molar-refractivity contribution in [2.75, 3.05) is 31.5 Å². The van der Waals surface area contributed by atoms with Gasteiger partial charge in [-0.3, -0.25) is 9.69 Å². The van der Waals surface area contributed by atoms with Gasteiger partial charge in [0.1, 0.15) is 5.82 Å². The van der Waals surface area contributed by atoms with Gasteiger partial charge in [-0.05, 0) is 40.2 Å². The molecular weight excluding hydrogens is 459 g/mol. The number of aromatic nitrogens is 3. The van der Waals surface area contributed by atoms with Gasteiger partial charge in [-0.15, -0.1) is 0 Å². The molecular formula is C19H18BrFN6OS. The first kappa shape index (κ1) is 19.9. The van der Waals surface area contributed by atoms with Crippen molar-refractivity contribution < 1.29 is 9.18 Å². The molecule has 1 saturated heterocycles. The van der Waals surface area contributed by atoms with E-state index in [9.17, 15) is 9.18 Å². The molecule has 1 amide bonds. The first-order valence-corrected chi connectivity index (χ1v) is 10.7. The number of thiazole rings is 1. The Balaban J connectivity index is 1.33. The van der Waals surface area contributed by atoms with E-state index in [0.29, 0.717) is 32.7 Å². The maximum absolute atomic E-state index is 13.8. The number of nitrogens with one attached hydrogen (secondary N) is 1. The molecule has 4 rings (SSSR count). The summed E-state index contributed by atoms with van der Waals surface area (Å²) >= 11 is 4.90. The predicted octanol–water partition coefficient (Wildman–Crippen LogP) is 3.54. The van der Waals surface area contributed by atoms with Crippen LogP contribution < -0.4 is 5.32 Å². The summed E-state index contributed by atoms with van der Waals surface area (Å²) in [6.07, 6.45) is 3.09. The third-order valence-electron chi connectivity index (χ3n) is 4.55. The number of rotatable bonds is 5. The molecule has 0 atom stereocenters. The summed E-state index contributed by atoms with van der Waals surface area (Å²) in [7, 11) is 0. The highest BCUT2D eigenvalue weighted by Gasteiger charge is 2.24. The van der Waals surface area contributed by atoms with Crippen molar-refractivity contribution in [1.82, 2.24) is 24.8 Å². The zero-order chi connectivity index (χ0) is 20.2. The first-order valence-electron chi connectivity index (χ1n) is 9.05. The van der Waals surface area contributed by atoms with Crippen molar-refractivity contribution >= 4 is 44.1 Å². The van der Waals surface area contributed by atoms with Crippen LogP contribution in [0.3, 0.4) is 0 Å². The largest absolute Gasteiger partial charge is 0.336 e. The zero-order valence-corrected chi connectivity index (χ0v) is 17.8. The molecule has 0 unspecified atom stereocenters. The molecule has 0 radical (unpaired) electrons. The minimum absolute atomic E-state index is 0.0233. The van der Waals surface area contributed by atoms with Crippen molar-refractivity contribution in [2.45, 2.75) is 6.54 Å². The first-order chi connectivity index (χ1) is 14.1. The van der Waals surface area contributed by atoms with Gasteiger partial charge in [-0.25, -0.2) is 15.0 Å². The summed E-state index contributed by atoms with van der Waals surface area (Å²) in [6, 6.07) is 8.88. The Bertz CT molecular complexity index is 1010. The van der Waals surface area contributed by atoms with E-state index in [4.69, 9.17) is 0 Å². The van der Waals surface area contributed by atoms with E-state index in [0.717, 1.165) is 20.4 Å². The molecule has 150 valence electrons. The van der Waals surface area contributed by atoms with Crippen LogP contribution in [0.2, 0.25) is 0 Å². The van der Waals surface area contributed by atoms with Crippen LogP contribution in [0.5, 0.6) is 0 Å². The van der Waals surface area contributed by atoms with Gasteiger partial charge in [0, 0.05) is 38.9 Å². The van der Waals surface area contributed by atoms with Gasteiger partial charge in [0.15, 0.2) is 5.13 Å². The predicted molar refractivity (Wildman–Crippen MR) is 113 cm³/mol. The van der Waals surface area contributed by atoms with Crippen molar-refractivity contribution in [1.29, 1.82) is 0 Å². The molecule has 0 aromatic carbocycles. The van der Waals surface area contributed by atoms with E-state index in [1.807, 2.05) is 18.2 Å². The van der Waals surface area contributed by atoms with E-state index < -0.39 is 5.95 Å². The molecule has 0 bridgehead atoms. The lowest BCUT2D eigenvalue weighted by Gasteiger charge is -2.34. The molecule has 7 nitrogen and oxygen atoms in total. The van der Waals surface area contributed by atoms with Gasteiger partial charge >= 0.3 is 0 Å². The molecule has 1 aliphatic rings.